The van der Waals surface area contributed by atoms with Gasteiger partial charge in [0.1, 0.15) is 6.04 Å². The maximum absolute atomic E-state index is 12.5. The Hall–Kier alpha value is -2.90. The number of hydrogen-bond acceptors (Lipinski definition) is 4. The highest BCUT2D eigenvalue weighted by molar-refractivity contribution is 6.03. The van der Waals surface area contributed by atoms with Crippen LogP contribution in [0.2, 0.25) is 0 Å². The molecule has 2 rings (SSSR count). The minimum atomic E-state index is -1.18. The molecule has 1 aromatic carbocycles. The summed E-state index contributed by atoms with van der Waals surface area (Å²) in [5, 5.41) is 9.06. The second-order valence-corrected chi connectivity index (χ2v) is 5.40. The summed E-state index contributed by atoms with van der Waals surface area (Å²) in [5.74, 6) is -2.73. The van der Waals surface area contributed by atoms with Crippen molar-refractivity contribution in [2.75, 3.05) is 11.9 Å². The number of carboxylic acids is 1. The predicted octanol–water partition coefficient (Wildman–Crippen LogP) is -0.0463. The number of carbonyl (C=O) groups excluding carboxylic acids is 3. The van der Waals surface area contributed by atoms with Gasteiger partial charge in [-0.1, -0.05) is 0 Å². The molecule has 0 bridgehead atoms. The van der Waals surface area contributed by atoms with E-state index in [4.69, 9.17) is 10.8 Å². The van der Waals surface area contributed by atoms with E-state index in [-0.39, 0.29) is 12.1 Å². The van der Waals surface area contributed by atoms with Gasteiger partial charge in [0, 0.05) is 31.8 Å². The highest BCUT2D eigenvalue weighted by atomic mass is 16.4. The smallest absolute Gasteiger partial charge is 0.306 e. The van der Waals surface area contributed by atoms with E-state index in [9.17, 15) is 19.2 Å². The summed E-state index contributed by atoms with van der Waals surface area (Å²) in [5.41, 5.74) is 6.48. The molecule has 122 valence electrons. The Balaban J connectivity index is 2.62. The van der Waals surface area contributed by atoms with Crippen LogP contribution >= 0.6 is 0 Å². The van der Waals surface area contributed by atoms with Gasteiger partial charge in [0.2, 0.25) is 17.7 Å². The molecule has 0 saturated heterocycles. The number of fused-ring (bicyclic) bond motifs is 1. The molecule has 1 atom stereocenters. The molecule has 8 heteroatoms. The lowest BCUT2D eigenvalue weighted by molar-refractivity contribution is -0.142. The lowest BCUT2D eigenvalue weighted by atomic mass is 10.1. The van der Waals surface area contributed by atoms with Gasteiger partial charge in [-0.05, 0) is 23.8 Å². The molecular formula is C15H17N3O5. The number of benzene rings is 1. The number of carboxylic acid groups (broad SMARTS) is 1. The fraction of sp³-hybridized carbons (Fsp3) is 0.333. The van der Waals surface area contributed by atoms with E-state index in [0.717, 1.165) is 0 Å². The van der Waals surface area contributed by atoms with Crippen molar-refractivity contribution in [3.8, 4) is 0 Å². The molecule has 23 heavy (non-hydrogen) atoms. The molecule has 1 aromatic rings. The quantitative estimate of drug-likeness (QED) is 0.809. The van der Waals surface area contributed by atoms with Gasteiger partial charge in [0.05, 0.1) is 6.42 Å². The van der Waals surface area contributed by atoms with E-state index in [2.05, 4.69) is 0 Å². The number of carbonyl (C=O) groups is 4. The highest BCUT2D eigenvalue weighted by Crippen LogP contribution is 2.30. The standard InChI is InChI=1S/C15H17N3O5/c1-8(19)18-11-4-3-9(14(16)22)5-10(11)7-17(2)15(23)12(18)6-13(20)21/h3-5,12H,6-7H2,1-2H3,(H2,16,22)(H,20,21). The zero-order chi connectivity index (χ0) is 17.3. The van der Waals surface area contributed by atoms with Crippen LogP contribution in [0.15, 0.2) is 18.2 Å². The average molecular weight is 319 g/mol. The maximum Gasteiger partial charge on any atom is 0.306 e. The molecule has 8 nitrogen and oxygen atoms in total. The van der Waals surface area contributed by atoms with Gasteiger partial charge < -0.3 is 15.7 Å². The van der Waals surface area contributed by atoms with Crippen molar-refractivity contribution in [3.63, 3.8) is 0 Å². The Morgan fingerprint density at radius 1 is 1.35 bits per heavy atom. The van der Waals surface area contributed by atoms with Crippen LogP contribution in [-0.2, 0) is 20.9 Å². The van der Waals surface area contributed by atoms with Crippen molar-refractivity contribution in [1.29, 1.82) is 0 Å². The van der Waals surface area contributed by atoms with Crippen LogP contribution in [0.25, 0.3) is 0 Å². The van der Waals surface area contributed by atoms with Crippen LogP contribution in [-0.4, -0.2) is 46.8 Å². The number of primary amides is 1. The third kappa shape index (κ3) is 3.15. The molecule has 1 aliphatic rings. The zero-order valence-electron chi connectivity index (χ0n) is 12.8. The maximum atomic E-state index is 12.5. The largest absolute Gasteiger partial charge is 0.481 e. The number of rotatable bonds is 3. The first-order valence-electron chi connectivity index (χ1n) is 6.91. The van der Waals surface area contributed by atoms with Crippen molar-refractivity contribution in [2.45, 2.75) is 25.9 Å². The molecule has 0 aliphatic carbocycles. The fourth-order valence-electron chi connectivity index (χ4n) is 2.70. The molecule has 0 aromatic heterocycles. The first kappa shape index (κ1) is 16.5. The molecule has 1 heterocycles. The SMILES string of the molecule is CC(=O)N1c2ccc(C(N)=O)cc2CN(C)C(=O)C1CC(=O)O. The van der Waals surface area contributed by atoms with Gasteiger partial charge in [0.15, 0.2) is 0 Å². The Morgan fingerprint density at radius 2 is 2.00 bits per heavy atom. The van der Waals surface area contributed by atoms with Gasteiger partial charge in [-0.15, -0.1) is 0 Å². The molecule has 0 spiro atoms. The summed E-state index contributed by atoms with van der Waals surface area (Å²) in [6.07, 6.45) is -0.500. The summed E-state index contributed by atoms with van der Waals surface area (Å²) < 4.78 is 0. The molecule has 0 radical (unpaired) electrons. The Morgan fingerprint density at radius 3 is 2.52 bits per heavy atom. The van der Waals surface area contributed by atoms with E-state index in [1.54, 1.807) is 0 Å². The molecule has 1 aliphatic heterocycles. The van der Waals surface area contributed by atoms with Gasteiger partial charge >= 0.3 is 5.97 Å². The summed E-state index contributed by atoms with van der Waals surface area (Å²) in [4.78, 5) is 49.4. The van der Waals surface area contributed by atoms with E-state index in [1.165, 1.54) is 42.0 Å². The lowest BCUT2D eigenvalue weighted by Crippen LogP contribution is -2.48. The molecule has 0 saturated carbocycles. The van der Waals surface area contributed by atoms with Gasteiger partial charge in [-0.25, -0.2) is 0 Å². The van der Waals surface area contributed by atoms with Crippen LogP contribution in [0.1, 0.15) is 29.3 Å². The van der Waals surface area contributed by atoms with Gasteiger partial charge in [0.25, 0.3) is 0 Å². The number of nitrogens with zero attached hydrogens (tertiary/aromatic N) is 2. The van der Waals surface area contributed by atoms with Crippen molar-refractivity contribution in [3.05, 3.63) is 29.3 Å². The van der Waals surface area contributed by atoms with Crippen LogP contribution in [0.3, 0.4) is 0 Å². The number of aliphatic carboxylic acids is 1. The molecular weight excluding hydrogens is 302 g/mol. The first-order chi connectivity index (χ1) is 10.7. The third-order valence-electron chi connectivity index (χ3n) is 3.71. The normalized spacial score (nSPS) is 17.5. The van der Waals surface area contributed by atoms with Gasteiger partial charge in [-0.3, -0.25) is 24.1 Å². The van der Waals surface area contributed by atoms with Crippen LogP contribution in [0.4, 0.5) is 5.69 Å². The number of amides is 3. The second kappa shape index (κ2) is 6.07. The number of likely N-dealkylation sites (N-methyl/N-ethyl adjacent to an activating group) is 1. The number of nitrogens with two attached hydrogens (primary N) is 1. The van der Waals surface area contributed by atoms with Crippen molar-refractivity contribution >= 4 is 29.4 Å². The molecule has 3 amide bonds. The minimum absolute atomic E-state index is 0.148. The van der Waals surface area contributed by atoms with E-state index in [0.29, 0.717) is 11.3 Å². The second-order valence-electron chi connectivity index (χ2n) is 5.40. The topological polar surface area (TPSA) is 121 Å². The van der Waals surface area contributed by atoms with Crippen molar-refractivity contribution in [1.82, 2.24) is 4.90 Å². The average Bonchev–Trinajstić information content (AvgIpc) is 2.54. The van der Waals surface area contributed by atoms with Crippen molar-refractivity contribution < 1.29 is 24.3 Å². The Kier molecular flexibility index (Phi) is 4.35. The fourth-order valence-corrected chi connectivity index (χ4v) is 2.70. The Bertz CT molecular complexity index is 700. The summed E-state index contributed by atoms with van der Waals surface area (Å²) in [7, 11) is 1.52. The Labute approximate surface area is 132 Å². The number of hydrogen-bond donors (Lipinski definition) is 2. The monoisotopic (exact) mass is 319 g/mol. The third-order valence-corrected chi connectivity index (χ3v) is 3.71. The highest BCUT2D eigenvalue weighted by Gasteiger charge is 2.37. The summed E-state index contributed by atoms with van der Waals surface area (Å²) in [6, 6.07) is 3.35. The lowest BCUT2D eigenvalue weighted by Gasteiger charge is -2.28. The summed E-state index contributed by atoms with van der Waals surface area (Å²) in [6.45, 7) is 1.41. The number of anilines is 1. The van der Waals surface area contributed by atoms with E-state index in [1.807, 2.05) is 0 Å². The van der Waals surface area contributed by atoms with Gasteiger partial charge in [-0.2, -0.15) is 0 Å². The molecule has 0 fully saturated rings. The molecule has 1 unspecified atom stereocenters. The van der Waals surface area contributed by atoms with Crippen LogP contribution in [0.5, 0.6) is 0 Å². The minimum Gasteiger partial charge on any atom is -0.481 e. The van der Waals surface area contributed by atoms with Crippen LogP contribution < -0.4 is 10.6 Å². The van der Waals surface area contributed by atoms with E-state index >= 15 is 0 Å². The summed E-state index contributed by atoms with van der Waals surface area (Å²) >= 11 is 0. The predicted molar refractivity (Wildman–Crippen MR) is 80.6 cm³/mol. The van der Waals surface area contributed by atoms with Crippen LogP contribution in [0, 0.1) is 0 Å². The van der Waals surface area contributed by atoms with E-state index < -0.39 is 36.2 Å². The van der Waals surface area contributed by atoms with Crippen molar-refractivity contribution in [2.24, 2.45) is 5.73 Å². The first-order valence-corrected chi connectivity index (χ1v) is 6.91. The molecule has 3 N–H and O–H groups in total. The zero-order valence-corrected chi connectivity index (χ0v) is 12.8.